The van der Waals surface area contributed by atoms with Gasteiger partial charge in [0.1, 0.15) is 18.2 Å². The molecule has 0 aliphatic carbocycles. The van der Waals surface area contributed by atoms with E-state index in [1.54, 1.807) is 0 Å². The van der Waals surface area contributed by atoms with Gasteiger partial charge in [0.05, 0.1) is 0 Å². The van der Waals surface area contributed by atoms with Gasteiger partial charge in [-0.05, 0) is 25.1 Å². The summed E-state index contributed by atoms with van der Waals surface area (Å²) in [7, 11) is 0. The van der Waals surface area contributed by atoms with Crippen LogP contribution < -0.4 is 0 Å². The minimum absolute atomic E-state index is 0.00343. The number of carbonyl (C=O) groups excluding carboxylic acids is 1. The maximum absolute atomic E-state index is 11.4. The van der Waals surface area contributed by atoms with Crippen LogP contribution >= 0.6 is 11.3 Å². The topological polar surface area (TPSA) is 50.1 Å². The summed E-state index contributed by atoms with van der Waals surface area (Å²) in [6.07, 6.45) is 2.99. The molecule has 0 spiro atoms. The van der Waals surface area contributed by atoms with E-state index in [9.17, 15) is 4.79 Å². The van der Waals surface area contributed by atoms with Crippen LogP contribution in [0.2, 0.25) is 0 Å². The van der Waals surface area contributed by atoms with Gasteiger partial charge >= 0.3 is 5.97 Å². The van der Waals surface area contributed by atoms with Crippen molar-refractivity contribution in [3.05, 3.63) is 40.1 Å². The summed E-state index contributed by atoms with van der Waals surface area (Å²) in [6.45, 7) is 5.50. The first-order valence-electron chi connectivity index (χ1n) is 4.63. The lowest BCUT2D eigenvalue weighted by atomic mass is 10.2. The zero-order valence-electron chi connectivity index (χ0n) is 8.90. The molecule has 1 rings (SSSR count). The molecule has 0 saturated carbocycles. The van der Waals surface area contributed by atoms with Crippen molar-refractivity contribution in [2.45, 2.75) is 6.92 Å². The molecule has 0 saturated heterocycles. The minimum Gasteiger partial charge on any atom is -0.457 e. The van der Waals surface area contributed by atoms with Crippen LogP contribution in [0.4, 0.5) is 0 Å². The Bertz CT molecular complexity index is 466. The number of nitrogens with zero attached hydrogens (tertiary/aromatic N) is 1. The van der Waals surface area contributed by atoms with E-state index in [2.05, 4.69) is 6.58 Å². The van der Waals surface area contributed by atoms with Gasteiger partial charge in [-0.25, -0.2) is 4.79 Å². The van der Waals surface area contributed by atoms with Crippen molar-refractivity contribution in [1.29, 1.82) is 5.26 Å². The van der Waals surface area contributed by atoms with Gasteiger partial charge in [-0.15, -0.1) is 11.3 Å². The molecule has 0 aliphatic heterocycles. The number of rotatable bonds is 4. The summed E-state index contributed by atoms with van der Waals surface area (Å²) in [6, 6.07) is 5.62. The third-order valence-electron chi connectivity index (χ3n) is 1.72. The van der Waals surface area contributed by atoms with Crippen LogP contribution in [0.3, 0.4) is 0 Å². The van der Waals surface area contributed by atoms with E-state index in [1.165, 1.54) is 23.5 Å². The molecule has 0 N–H and O–H groups in total. The number of carbonyl (C=O) groups is 1. The largest absolute Gasteiger partial charge is 0.457 e. The Morgan fingerprint density at radius 2 is 2.44 bits per heavy atom. The van der Waals surface area contributed by atoms with E-state index in [-0.39, 0.29) is 12.2 Å². The number of hydrogen-bond acceptors (Lipinski definition) is 4. The van der Waals surface area contributed by atoms with Crippen molar-refractivity contribution in [3.8, 4) is 6.07 Å². The molecule has 3 nitrogen and oxygen atoms in total. The predicted octanol–water partition coefficient (Wildman–Crippen LogP) is 2.69. The minimum atomic E-state index is -0.617. The highest BCUT2D eigenvalue weighted by atomic mass is 32.1. The Hall–Kier alpha value is -1.86. The van der Waals surface area contributed by atoms with Crippen molar-refractivity contribution >= 4 is 23.4 Å². The molecular weight excluding hydrogens is 222 g/mol. The highest BCUT2D eigenvalue weighted by molar-refractivity contribution is 7.12. The van der Waals surface area contributed by atoms with Gasteiger partial charge in [-0.1, -0.05) is 12.7 Å². The fraction of sp³-hybridized carbons (Fsp3) is 0.167. The summed E-state index contributed by atoms with van der Waals surface area (Å²) < 4.78 is 4.78. The number of nitriles is 1. The van der Waals surface area contributed by atoms with E-state index >= 15 is 0 Å². The highest BCUT2D eigenvalue weighted by Crippen LogP contribution is 2.18. The lowest BCUT2D eigenvalue weighted by Gasteiger charge is -1.98. The van der Waals surface area contributed by atoms with Crippen LogP contribution in [0.25, 0.3) is 6.08 Å². The fourth-order valence-corrected chi connectivity index (χ4v) is 1.84. The first kappa shape index (κ1) is 12.2. The Labute approximate surface area is 98.3 Å². The second-order valence-corrected chi connectivity index (χ2v) is 4.32. The van der Waals surface area contributed by atoms with Gasteiger partial charge in [0.15, 0.2) is 0 Å². The van der Waals surface area contributed by atoms with Crippen LogP contribution in [-0.2, 0) is 9.53 Å². The molecule has 0 amide bonds. The van der Waals surface area contributed by atoms with E-state index in [1.807, 2.05) is 25.1 Å². The molecule has 82 valence electrons. The first-order chi connectivity index (χ1) is 7.67. The van der Waals surface area contributed by atoms with Crippen molar-refractivity contribution in [2.75, 3.05) is 6.61 Å². The molecule has 1 aromatic heterocycles. The van der Waals surface area contributed by atoms with E-state index in [4.69, 9.17) is 10.00 Å². The molecule has 0 unspecified atom stereocenters. The SMILES string of the molecule is C=CCOC(=O)C(C#N)=Cc1ccc(C)s1. The summed E-state index contributed by atoms with van der Waals surface area (Å²) in [5.41, 5.74) is 0.00343. The van der Waals surface area contributed by atoms with E-state index < -0.39 is 5.97 Å². The van der Waals surface area contributed by atoms with Gasteiger partial charge in [-0.3, -0.25) is 0 Å². The molecule has 0 bridgehead atoms. The molecule has 0 fully saturated rings. The van der Waals surface area contributed by atoms with Gasteiger partial charge in [-0.2, -0.15) is 5.26 Å². The van der Waals surface area contributed by atoms with Crippen LogP contribution in [-0.4, -0.2) is 12.6 Å². The number of esters is 1. The average Bonchev–Trinajstić information content (AvgIpc) is 2.68. The smallest absolute Gasteiger partial charge is 0.349 e. The summed E-state index contributed by atoms with van der Waals surface area (Å²) in [5, 5.41) is 8.82. The third kappa shape index (κ3) is 3.37. The quantitative estimate of drug-likeness (QED) is 0.348. The number of ether oxygens (including phenoxy) is 1. The lowest BCUT2D eigenvalue weighted by molar-refractivity contribution is -0.137. The van der Waals surface area contributed by atoms with Crippen LogP contribution in [0.15, 0.2) is 30.4 Å². The highest BCUT2D eigenvalue weighted by Gasteiger charge is 2.10. The maximum Gasteiger partial charge on any atom is 0.349 e. The summed E-state index contributed by atoms with van der Waals surface area (Å²) >= 11 is 1.52. The standard InChI is InChI=1S/C12H11NO2S/c1-3-6-15-12(14)10(8-13)7-11-5-4-9(2)16-11/h3-5,7H,1,6H2,2H3. The van der Waals surface area contributed by atoms with Crippen LogP contribution in [0, 0.1) is 18.3 Å². The van der Waals surface area contributed by atoms with Crippen LogP contribution in [0.5, 0.6) is 0 Å². The van der Waals surface area contributed by atoms with Crippen LogP contribution in [0.1, 0.15) is 9.75 Å². The molecular formula is C12H11NO2S. The molecule has 4 heteroatoms. The van der Waals surface area contributed by atoms with Gasteiger partial charge in [0, 0.05) is 9.75 Å². The molecule has 0 aromatic carbocycles. The van der Waals surface area contributed by atoms with Crippen molar-refractivity contribution in [1.82, 2.24) is 0 Å². The second-order valence-electron chi connectivity index (χ2n) is 3.01. The zero-order valence-corrected chi connectivity index (χ0v) is 9.71. The normalized spacial score (nSPS) is 10.6. The zero-order chi connectivity index (χ0) is 12.0. The summed E-state index contributed by atoms with van der Waals surface area (Å²) in [4.78, 5) is 13.4. The Morgan fingerprint density at radius 1 is 1.69 bits per heavy atom. The Morgan fingerprint density at radius 3 is 2.94 bits per heavy atom. The number of hydrogen-bond donors (Lipinski definition) is 0. The third-order valence-corrected chi connectivity index (χ3v) is 2.67. The molecule has 1 heterocycles. The Kier molecular flexibility index (Phi) is 4.49. The van der Waals surface area contributed by atoms with Gasteiger partial charge < -0.3 is 4.74 Å². The monoisotopic (exact) mass is 233 g/mol. The summed E-state index contributed by atoms with van der Waals surface area (Å²) in [5.74, 6) is -0.617. The first-order valence-corrected chi connectivity index (χ1v) is 5.45. The Balaban J connectivity index is 2.82. The maximum atomic E-state index is 11.4. The fourth-order valence-electron chi connectivity index (χ4n) is 1.02. The van der Waals surface area contributed by atoms with Gasteiger partial charge in [0.2, 0.25) is 0 Å². The number of aryl methyl sites for hydroxylation is 1. The van der Waals surface area contributed by atoms with Crippen molar-refractivity contribution in [3.63, 3.8) is 0 Å². The van der Waals surface area contributed by atoms with Gasteiger partial charge in [0.25, 0.3) is 0 Å². The molecule has 16 heavy (non-hydrogen) atoms. The molecule has 1 aromatic rings. The second kappa shape index (κ2) is 5.89. The van der Waals surface area contributed by atoms with E-state index in [0.29, 0.717) is 0 Å². The van der Waals surface area contributed by atoms with E-state index in [0.717, 1.165) is 9.75 Å². The molecule has 0 aliphatic rings. The number of thiophene rings is 1. The van der Waals surface area contributed by atoms with Crippen molar-refractivity contribution in [2.24, 2.45) is 0 Å². The predicted molar refractivity (Wildman–Crippen MR) is 63.8 cm³/mol. The molecule has 0 atom stereocenters. The van der Waals surface area contributed by atoms with Crippen molar-refractivity contribution < 1.29 is 9.53 Å². The lowest BCUT2D eigenvalue weighted by Crippen LogP contribution is -2.06. The molecule has 0 radical (unpaired) electrons. The average molecular weight is 233 g/mol.